The summed E-state index contributed by atoms with van der Waals surface area (Å²) in [4.78, 5) is 42.8. The van der Waals surface area contributed by atoms with Crippen molar-refractivity contribution in [3.63, 3.8) is 0 Å². The Labute approximate surface area is 233 Å². The van der Waals surface area contributed by atoms with E-state index in [0.717, 1.165) is 11.3 Å². The Morgan fingerprint density at radius 3 is 2.70 bits per heavy atom. The summed E-state index contributed by atoms with van der Waals surface area (Å²) in [6.07, 6.45) is 3.17. The van der Waals surface area contributed by atoms with Crippen LogP contribution < -0.4 is 24.4 Å². The van der Waals surface area contributed by atoms with Crippen molar-refractivity contribution in [3.05, 3.63) is 107 Å². The van der Waals surface area contributed by atoms with Gasteiger partial charge in [-0.1, -0.05) is 42.2 Å². The number of esters is 1. The molecule has 0 bridgehead atoms. The lowest BCUT2D eigenvalue weighted by atomic mass is 9.95. The zero-order valence-corrected chi connectivity index (χ0v) is 22.9. The van der Waals surface area contributed by atoms with Crippen LogP contribution in [0, 0.1) is 10.1 Å². The standard InChI is InChI=1S/C28H27N3O8S/c1-5-11-38-21-10-9-19(16-22(21)37-4)25-24(27(33)39-13-12-36-3)17(2)29-28-30(25)26(32)23(40-28)15-18-7-6-8-20(14-18)31(34)35/h5-10,14-16,25H,1,11-13H2,2-4H3/b23-15-. The minimum atomic E-state index is -0.888. The molecule has 0 fully saturated rings. The number of carbonyl (C=O) groups excluding carboxylic acids is 1. The summed E-state index contributed by atoms with van der Waals surface area (Å²) in [5, 5.41) is 11.2. The molecular weight excluding hydrogens is 538 g/mol. The Bertz CT molecular complexity index is 1670. The number of hydrogen-bond acceptors (Lipinski definition) is 10. The van der Waals surface area contributed by atoms with Gasteiger partial charge in [-0.15, -0.1) is 0 Å². The molecule has 4 rings (SSSR count). The fourth-order valence-corrected chi connectivity index (χ4v) is 5.24. The van der Waals surface area contributed by atoms with E-state index in [2.05, 4.69) is 11.6 Å². The molecule has 208 valence electrons. The summed E-state index contributed by atoms with van der Waals surface area (Å²) in [7, 11) is 2.99. The molecule has 0 N–H and O–H groups in total. The molecule has 2 heterocycles. The van der Waals surface area contributed by atoms with Crippen molar-refractivity contribution in [1.82, 2.24) is 4.57 Å². The average Bonchev–Trinajstić information content (AvgIpc) is 3.25. The highest BCUT2D eigenvalue weighted by Gasteiger charge is 2.34. The molecule has 40 heavy (non-hydrogen) atoms. The Kier molecular flexibility index (Phi) is 8.92. The van der Waals surface area contributed by atoms with E-state index in [9.17, 15) is 19.7 Å². The largest absolute Gasteiger partial charge is 0.493 e. The number of ether oxygens (including phenoxy) is 4. The number of nitro benzene ring substituents is 1. The predicted molar refractivity (Wildman–Crippen MR) is 148 cm³/mol. The number of thiazole rings is 1. The molecule has 1 unspecified atom stereocenters. The monoisotopic (exact) mass is 565 g/mol. The SMILES string of the molecule is C=CCOc1ccc(C2C(C(=O)OCCOC)=C(C)N=c3s/c(=C\c4cccc([N+](=O)[O-])c4)c(=O)n32)cc1OC. The molecule has 1 atom stereocenters. The van der Waals surface area contributed by atoms with E-state index in [1.54, 1.807) is 49.4 Å². The van der Waals surface area contributed by atoms with Gasteiger partial charge in [0.1, 0.15) is 13.2 Å². The molecule has 0 aliphatic carbocycles. The van der Waals surface area contributed by atoms with E-state index in [4.69, 9.17) is 18.9 Å². The second-order valence-electron chi connectivity index (χ2n) is 8.57. The number of hydrogen-bond donors (Lipinski definition) is 0. The van der Waals surface area contributed by atoms with Crippen LogP contribution in [0.15, 0.2) is 76.2 Å². The van der Waals surface area contributed by atoms with E-state index in [-0.39, 0.29) is 31.1 Å². The third kappa shape index (κ3) is 5.87. The molecule has 0 radical (unpaired) electrons. The van der Waals surface area contributed by atoms with Crippen LogP contribution in [-0.2, 0) is 14.3 Å². The predicted octanol–water partition coefficient (Wildman–Crippen LogP) is 2.91. The van der Waals surface area contributed by atoms with E-state index >= 15 is 0 Å². The maximum absolute atomic E-state index is 13.8. The number of fused-ring (bicyclic) bond motifs is 1. The van der Waals surface area contributed by atoms with Gasteiger partial charge in [0, 0.05) is 19.2 Å². The van der Waals surface area contributed by atoms with Gasteiger partial charge >= 0.3 is 5.97 Å². The Morgan fingerprint density at radius 1 is 1.20 bits per heavy atom. The van der Waals surface area contributed by atoms with Crippen LogP contribution in [0.5, 0.6) is 11.5 Å². The number of nitro groups is 1. The lowest BCUT2D eigenvalue weighted by molar-refractivity contribution is -0.384. The fraction of sp³-hybridized carbons (Fsp3) is 0.250. The van der Waals surface area contributed by atoms with Crippen LogP contribution in [0.1, 0.15) is 24.1 Å². The molecule has 3 aromatic rings. The summed E-state index contributed by atoms with van der Waals surface area (Å²) in [5.74, 6) is 0.233. The molecule has 0 spiro atoms. The van der Waals surface area contributed by atoms with Gasteiger partial charge in [-0.05, 0) is 36.3 Å². The molecule has 11 nitrogen and oxygen atoms in total. The molecule has 1 aliphatic heterocycles. The first-order valence-electron chi connectivity index (χ1n) is 12.1. The van der Waals surface area contributed by atoms with Crippen molar-refractivity contribution in [2.24, 2.45) is 4.99 Å². The van der Waals surface area contributed by atoms with Crippen LogP contribution in [-0.4, -0.2) is 49.5 Å². The van der Waals surface area contributed by atoms with Crippen LogP contribution in [0.4, 0.5) is 5.69 Å². The van der Waals surface area contributed by atoms with Gasteiger partial charge in [-0.25, -0.2) is 9.79 Å². The number of non-ortho nitro benzene ring substituents is 1. The molecule has 12 heteroatoms. The molecule has 1 aliphatic rings. The number of methoxy groups -OCH3 is 2. The van der Waals surface area contributed by atoms with Crippen molar-refractivity contribution >= 4 is 29.1 Å². The maximum atomic E-state index is 13.8. The second kappa shape index (κ2) is 12.5. The first-order valence-corrected chi connectivity index (χ1v) is 12.9. The van der Waals surface area contributed by atoms with Gasteiger partial charge in [0.25, 0.3) is 11.2 Å². The summed E-state index contributed by atoms with van der Waals surface area (Å²) in [6.45, 7) is 5.82. The zero-order chi connectivity index (χ0) is 28.8. The Hall–Kier alpha value is -4.55. The number of allylic oxidation sites excluding steroid dienone is 1. The smallest absolute Gasteiger partial charge is 0.338 e. The Balaban J connectivity index is 1.90. The van der Waals surface area contributed by atoms with Crippen molar-refractivity contribution in [3.8, 4) is 11.5 Å². The minimum absolute atomic E-state index is 0.0215. The lowest BCUT2D eigenvalue weighted by Crippen LogP contribution is -2.40. The van der Waals surface area contributed by atoms with E-state index in [0.29, 0.717) is 37.7 Å². The summed E-state index contributed by atoms with van der Waals surface area (Å²) in [5.41, 5.74) is 1.12. The van der Waals surface area contributed by atoms with Crippen LogP contribution in [0.3, 0.4) is 0 Å². The van der Waals surface area contributed by atoms with E-state index in [1.807, 2.05) is 0 Å². The zero-order valence-electron chi connectivity index (χ0n) is 22.1. The topological polar surface area (TPSA) is 131 Å². The second-order valence-corrected chi connectivity index (χ2v) is 9.58. The van der Waals surface area contributed by atoms with Gasteiger partial charge in [0.05, 0.1) is 40.5 Å². The summed E-state index contributed by atoms with van der Waals surface area (Å²) < 4.78 is 23.4. The molecular formula is C28H27N3O8S. The van der Waals surface area contributed by atoms with E-state index in [1.165, 1.54) is 30.9 Å². The number of benzene rings is 2. The van der Waals surface area contributed by atoms with Gasteiger partial charge in [-0.2, -0.15) is 0 Å². The van der Waals surface area contributed by atoms with Crippen LogP contribution in [0.2, 0.25) is 0 Å². The van der Waals surface area contributed by atoms with Crippen LogP contribution in [0.25, 0.3) is 6.08 Å². The first kappa shape index (κ1) is 28.5. The number of carbonyl (C=O) groups is 1. The van der Waals surface area contributed by atoms with Crippen LogP contribution >= 0.6 is 11.3 Å². The number of aromatic nitrogens is 1. The van der Waals surface area contributed by atoms with Gasteiger partial charge in [0.15, 0.2) is 16.3 Å². The minimum Gasteiger partial charge on any atom is -0.493 e. The van der Waals surface area contributed by atoms with Gasteiger partial charge in [-0.3, -0.25) is 19.5 Å². The molecule has 0 amide bonds. The third-order valence-corrected chi connectivity index (χ3v) is 6.98. The lowest BCUT2D eigenvalue weighted by Gasteiger charge is -2.25. The highest BCUT2D eigenvalue weighted by atomic mass is 32.1. The van der Waals surface area contributed by atoms with Crippen molar-refractivity contribution in [1.29, 1.82) is 0 Å². The normalized spacial score (nSPS) is 14.8. The average molecular weight is 566 g/mol. The highest BCUT2D eigenvalue weighted by molar-refractivity contribution is 7.07. The Morgan fingerprint density at radius 2 is 2.00 bits per heavy atom. The van der Waals surface area contributed by atoms with E-state index < -0.39 is 22.5 Å². The summed E-state index contributed by atoms with van der Waals surface area (Å²) >= 11 is 1.12. The third-order valence-electron chi connectivity index (χ3n) is 6.00. The number of rotatable bonds is 11. The van der Waals surface area contributed by atoms with Gasteiger partial charge < -0.3 is 18.9 Å². The first-order chi connectivity index (χ1) is 19.3. The summed E-state index contributed by atoms with van der Waals surface area (Å²) in [6, 6.07) is 10.2. The van der Waals surface area contributed by atoms with Crippen molar-refractivity contribution in [2.45, 2.75) is 13.0 Å². The number of nitrogens with zero attached hydrogens (tertiary/aromatic N) is 3. The fourth-order valence-electron chi connectivity index (χ4n) is 4.20. The molecule has 2 aromatic carbocycles. The van der Waals surface area contributed by atoms with Crippen molar-refractivity contribution < 1.29 is 28.7 Å². The quantitative estimate of drug-likeness (QED) is 0.114. The van der Waals surface area contributed by atoms with Crippen molar-refractivity contribution in [2.75, 3.05) is 34.0 Å². The highest BCUT2D eigenvalue weighted by Crippen LogP contribution is 2.36. The molecule has 1 aromatic heterocycles. The molecule has 0 saturated heterocycles. The molecule has 0 saturated carbocycles. The van der Waals surface area contributed by atoms with Gasteiger partial charge in [0.2, 0.25) is 0 Å². The maximum Gasteiger partial charge on any atom is 0.338 e.